The summed E-state index contributed by atoms with van der Waals surface area (Å²) in [5.74, 6) is 1.31. The molecule has 0 radical (unpaired) electrons. The molecule has 0 aliphatic carbocycles. The topological polar surface area (TPSA) is 48.1 Å². The molecule has 1 heterocycles. The zero-order valence-electron chi connectivity index (χ0n) is 10.2. The normalized spacial score (nSPS) is 10.4. The highest BCUT2D eigenvalue weighted by molar-refractivity contribution is 6.32. The number of hydrogen-bond donors (Lipinski definition) is 1. The van der Waals surface area contributed by atoms with Crippen LogP contribution in [-0.4, -0.2) is 11.5 Å². The molecule has 0 aliphatic heterocycles. The van der Waals surface area contributed by atoms with E-state index in [1.165, 1.54) is 0 Å². The number of rotatable bonds is 4. The molecule has 0 spiro atoms. The van der Waals surface area contributed by atoms with Gasteiger partial charge in [0.1, 0.15) is 11.5 Å². The summed E-state index contributed by atoms with van der Waals surface area (Å²) in [5.41, 5.74) is 7.67. The molecule has 18 heavy (non-hydrogen) atoms. The lowest BCUT2D eigenvalue weighted by molar-refractivity contribution is 0.479. The van der Waals surface area contributed by atoms with Crippen molar-refractivity contribution in [2.24, 2.45) is 5.73 Å². The number of hydrogen-bond acceptors (Lipinski definition) is 3. The molecule has 4 heteroatoms. The summed E-state index contributed by atoms with van der Waals surface area (Å²) in [6.45, 7) is 2.58. The highest BCUT2D eigenvalue weighted by atomic mass is 35.5. The molecule has 1 aromatic heterocycles. The maximum absolute atomic E-state index is 6.11. The van der Waals surface area contributed by atoms with Crippen molar-refractivity contribution >= 4 is 11.6 Å². The van der Waals surface area contributed by atoms with Crippen LogP contribution >= 0.6 is 11.6 Å². The van der Waals surface area contributed by atoms with Gasteiger partial charge in [0.25, 0.3) is 0 Å². The molecular weight excluding hydrogens is 248 g/mol. The molecule has 0 bridgehead atoms. The van der Waals surface area contributed by atoms with Crippen LogP contribution in [0.2, 0.25) is 5.02 Å². The molecule has 0 saturated carbocycles. The van der Waals surface area contributed by atoms with Crippen molar-refractivity contribution < 1.29 is 4.74 Å². The highest BCUT2D eigenvalue weighted by Gasteiger charge is 2.04. The Balaban J connectivity index is 2.20. The number of nitrogens with zero attached hydrogens (tertiary/aromatic N) is 1. The van der Waals surface area contributed by atoms with Crippen LogP contribution in [0.15, 0.2) is 36.7 Å². The van der Waals surface area contributed by atoms with Gasteiger partial charge in [0.05, 0.1) is 11.2 Å². The summed E-state index contributed by atoms with van der Waals surface area (Å²) in [6.07, 6.45) is 4.23. The molecular formula is C14H15ClN2O. The lowest BCUT2D eigenvalue weighted by Gasteiger charge is -2.08. The largest absolute Gasteiger partial charge is 0.454 e. The van der Waals surface area contributed by atoms with E-state index in [0.29, 0.717) is 23.1 Å². The number of aromatic nitrogens is 1. The van der Waals surface area contributed by atoms with E-state index in [-0.39, 0.29) is 0 Å². The predicted octanol–water partition coefficient (Wildman–Crippen LogP) is 3.34. The minimum atomic E-state index is 0.594. The van der Waals surface area contributed by atoms with E-state index in [9.17, 15) is 0 Å². The Hall–Kier alpha value is -1.58. The van der Waals surface area contributed by atoms with Crippen molar-refractivity contribution in [2.75, 3.05) is 6.54 Å². The van der Waals surface area contributed by atoms with Gasteiger partial charge < -0.3 is 10.5 Å². The summed E-state index contributed by atoms with van der Waals surface area (Å²) < 4.78 is 5.72. The van der Waals surface area contributed by atoms with Crippen LogP contribution < -0.4 is 10.5 Å². The van der Waals surface area contributed by atoms with E-state index < -0.39 is 0 Å². The van der Waals surface area contributed by atoms with Crippen molar-refractivity contribution in [3.05, 3.63) is 52.8 Å². The van der Waals surface area contributed by atoms with E-state index in [1.807, 2.05) is 31.2 Å². The Morgan fingerprint density at radius 1 is 1.28 bits per heavy atom. The molecule has 0 saturated heterocycles. The maximum atomic E-state index is 6.11. The Morgan fingerprint density at radius 2 is 2.11 bits per heavy atom. The van der Waals surface area contributed by atoms with Crippen molar-refractivity contribution in [1.29, 1.82) is 0 Å². The summed E-state index contributed by atoms with van der Waals surface area (Å²) in [7, 11) is 0. The van der Waals surface area contributed by atoms with Crippen LogP contribution in [0.25, 0.3) is 0 Å². The number of halogens is 1. The van der Waals surface area contributed by atoms with Gasteiger partial charge in [-0.1, -0.05) is 17.7 Å². The third kappa shape index (κ3) is 3.22. The number of ether oxygens (including phenoxy) is 1. The molecule has 94 valence electrons. The van der Waals surface area contributed by atoms with Gasteiger partial charge in [0.15, 0.2) is 0 Å². The second-order valence-electron chi connectivity index (χ2n) is 4.10. The quantitative estimate of drug-likeness (QED) is 0.919. The van der Waals surface area contributed by atoms with E-state index in [1.54, 1.807) is 12.4 Å². The third-order valence-electron chi connectivity index (χ3n) is 2.52. The second-order valence-corrected chi connectivity index (χ2v) is 4.51. The summed E-state index contributed by atoms with van der Waals surface area (Å²) >= 11 is 6.11. The van der Waals surface area contributed by atoms with Gasteiger partial charge in [-0.15, -0.1) is 0 Å². The SMILES string of the molecule is Cc1ccc(Oc2cncc(CCN)c2)c(Cl)c1. The average Bonchev–Trinajstić information content (AvgIpc) is 2.34. The molecule has 0 atom stereocenters. The van der Waals surface area contributed by atoms with Crippen molar-refractivity contribution in [3.8, 4) is 11.5 Å². The average molecular weight is 263 g/mol. The first-order valence-electron chi connectivity index (χ1n) is 5.77. The first-order chi connectivity index (χ1) is 8.69. The van der Waals surface area contributed by atoms with Crippen molar-refractivity contribution in [3.63, 3.8) is 0 Å². The van der Waals surface area contributed by atoms with Crippen LogP contribution in [0.5, 0.6) is 11.5 Å². The summed E-state index contributed by atoms with van der Waals surface area (Å²) in [6, 6.07) is 7.61. The number of nitrogens with two attached hydrogens (primary N) is 1. The highest BCUT2D eigenvalue weighted by Crippen LogP contribution is 2.29. The third-order valence-corrected chi connectivity index (χ3v) is 2.81. The molecule has 0 fully saturated rings. The monoisotopic (exact) mass is 262 g/mol. The molecule has 1 aromatic carbocycles. The smallest absolute Gasteiger partial charge is 0.146 e. The number of benzene rings is 1. The van der Waals surface area contributed by atoms with Gasteiger partial charge in [0.2, 0.25) is 0 Å². The molecule has 3 nitrogen and oxygen atoms in total. The standard InChI is InChI=1S/C14H15ClN2O/c1-10-2-3-14(13(15)6-10)18-12-7-11(4-5-16)8-17-9-12/h2-3,6-9H,4-5,16H2,1H3. The Bertz CT molecular complexity index is 543. The molecule has 0 amide bonds. The van der Waals surface area contributed by atoms with Gasteiger partial charge in [-0.25, -0.2) is 0 Å². The fourth-order valence-corrected chi connectivity index (χ4v) is 1.91. The van der Waals surface area contributed by atoms with Crippen LogP contribution in [0.3, 0.4) is 0 Å². The Morgan fingerprint density at radius 3 is 2.83 bits per heavy atom. The zero-order valence-corrected chi connectivity index (χ0v) is 10.9. The molecule has 2 aromatic rings. The van der Waals surface area contributed by atoms with Gasteiger partial charge in [-0.05, 0) is 49.2 Å². The van der Waals surface area contributed by atoms with Gasteiger partial charge >= 0.3 is 0 Å². The predicted molar refractivity (Wildman–Crippen MR) is 73.3 cm³/mol. The van der Waals surface area contributed by atoms with E-state index >= 15 is 0 Å². The number of pyridine rings is 1. The molecule has 2 N–H and O–H groups in total. The van der Waals surface area contributed by atoms with E-state index in [2.05, 4.69) is 4.98 Å². The van der Waals surface area contributed by atoms with E-state index in [4.69, 9.17) is 22.1 Å². The fourth-order valence-electron chi connectivity index (χ4n) is 1.64. The second kappa shape index (κ2) is 5.85. The van der Waals surface area contributed by atoms with Crippen LogP contribution in [-0.2, 0) is 6.42 Å². The molecule has 0 aliphatic rings. The van der Waals surface area contributed by atoms with Crippen LogP contribution in [0, 0.1) is 6.92 Å². The first-order valence-corrected chi connectivity index (χ1v) is 6.15. The lowest BCUT2D eigenvalue weighted by Crippen LogP contribution is -2.03. The van der Waals surface area contributed by atoms with Crippen LogP contribution in [0.1, 0.15) is 11.1 Å². The zero-order chi connectivity index (χ0) is 13.0. The molecule has 2 rings (SSSR count). The minimum Gasteiger partial charge on any atom is -0.454 e. The molecule has 0 unspecified atom stereocenters. The van der Waals surface area contributed by atoms with Crippen molar-refractivity contribution in [2.45, 2.75) is 13.3 Å². The Labute approximate surface area is 112 Å². The first kappa shape index (κ1) is 12.9. The summed E-state index contributed by atoms with van der Waals surface area (Å²) in [4.78, 5) is 4.12. The fraction of sp³-hybridized carbons (Fsp3) is 0.214. The maximum Gasteiger partial charge on any atom is 0.146 e. The van der Waals surface area contributed by atoms with Crippen molar-refractivity contribution in [1.82, 2.24) is 4.98 Å². The van der Waals surface area contributed by atoms with Gasteiger partial charge in [0, 0.05) is 6.20 Å². The van der Waals surface area contributed by atoms with Crippen LogP contribution in [0.4, 0.5) is 0 Å². The number of aryl methyl sites for hydroxylation is 1. The van der Waals surface area contributed by atoms with Gasteiger partial charge in [-0.3, -0.25) is 4.98 Å². The lowest BCUT2D eigenvalue weighted by atomic mass is 10.2. The Kier molecular flexibility index (Phi) is 4.18. The van der Waals surface area contributed by atoms with E-state index in [0.717, 1.165) is 17.5 Å². The minimum absolute atomic E-state index is 0.594. The summed E-state index contributed by atoms with van der Waals surface area (Å²) in [5, 5.41) is 0.597. The van der Waals surface area contributed by atoms with Gasteiger partial charge in [-0.2, -0.15) is 0 Å².